The van der Waals surface area contributed by atoms with Crippen molar-refractivity contribution in [2.75, 3.05) is 13.1 Å². The Bertz CT molecular complexity index is 1140. The minimum atomic E-state index is -3.52. The maximum Gasteiger partial charge on any atom is 0.251 e. The van der Waals surface area contributed by atoms with Gasteiger partial charge in [0, 0.05) is 25.7 Å². The highest BCUT2D eigenvalue weighted by atomic mass is 32.2. The van der Waals surface area contributed by atoms with E-state index in [2.05, 4.69) is 10.3 Å². The molecular formula is C22H26N4O3S. The van der Waals surface area contributed by atoms with Crippen molar-refractivity contribution >= 4 is 27.0 Å². The monoisotopic (exact) mass is 426 g/mol. The number of fused-ring (bicyclic) bond motifs is 1. The SMILES string of the molecule is Cn1c(CNC(=O)c2ccc(S(=O)(=O)N3CCCCCC3)cc2)nc2ccccc21. The number of rotatable bonds is 5. The molecule has 0 saturated carbocycles. The van der Waals surface area contributed by atoms with E-state index in [0.717, 1.165) is 42.5 Å². The third-order valence-electron chi connectivity index (χ3n) is 5.61. The number of amides is 1. The number of para-hydroxylation sites is 2. The molecule has 0 unspecified atom stereocenters. The molecule has 0 spiro atoms. The fraction of sp³-hybridized carbons (Fsp3) is 0.364. The Labute approximate surface area is 176 Å². The minimum absolute atomic E-state index is 0.233. The van der Waals surface area contributed by atoms with Crippen LogP contribution in [0.25, 0.3) is 11.0 Å². The van der Waals surface area contributed by atoms with E-state index in [0.29, 0.717) is 18.7 Å². The summed E-state index contributed by atoms with van der Waals surface area (Å²) in [6.07, 6.45) is 3.91. The number of carbonyl (C=O) groups excluding carboxylic acids is 1. The van der Waals surface area contributed by atoms with Crippen LogP contribution < -0.4 is 5.32 Å². The second-order valence-corrected chi connectivity index (χ2v) is 9.54. The molecule has 0 aliphatic carbocycles. The number of hydrogen-bond donors (Lipinski definition) is 1. The summed E-state index contributed by atoms with van der Waals surface area (Å²) in [5.74, 6) is 0.491. The van der Waals surface area contributed by atoms with Gasteiger partial charge in [-0.15, -0.1) is 0 Å². The molecule has 30 heavy (non-hydrogen) atoms. The highest BCUT2D eigenvalue weighted by Crippen LogP contribution is 2.21. The van der Waals surface area contributed by atoms with E-state index in [9.17, 15) is 13.2 Å². The Kier molecular flexibility index (Phi) is 5.87. The molecule has 4 rings (SSSR count). The predicted octanol–water partition coefficient (Wildman–Crippen LogP) is 3.07. The standard InChI is InChI=1S/C22H26N4O3S/c1-25-20-9-5-4-8-19(20)24-21(25)16-23-22(27)17-10-12-18(13-11-17)30(28,29)26-14-6-2-3-7-15-26/h4-5,8-13H,2-3,6-7,14-16H2,1H3,(H,23,27). The molecule has 1 N–H and O–H groups in total. The van der Waals surface area contributed by atoms with Gasteiger partial charge in [0.05, 0.1) is 22.5 Å². The molecule has 1 fully saturated rings. The Morgan fingerprint density at radius 2 is 1.67 bits per heavy atom. The average Bonchev–Trinajstić information content (AvgIpc) is 2.93. The van der Waals surface area contributed by atoms with Crippen LogP contribution in [0.15, 0.2) is 53.4 Å². The third kappa shape index (κ3) is 4.11. The van der Waals surface area contributed by atoms with E-state index in [1.165, 1.54) is 12.1 Å². The van der Waals surface area contributed by atoms with E-state index in [4.69, 9.17) is 0 Å². The molecule has 8 heteroatoms. The molecule has 1 aliphatic heterocycles. The van der Waals surface area contributed by atoms with Crippen LogP contribution in [0.5, 0.6) is 0 Å². The van der Waals surface area contributed by atoms with Crippen LogP contribution in [0, 0.1) is 0 Å². The van der Waals surface area contributed by atoms with Gasteiger partial charge in [-0.05, 0) is 49.2 Å². The zero-order valence-electron chi connectivity index (χ0n) is 17.0. The van der Waals surface area contributed by atoms with Crippen molar-refractivity contribution in [3.63, 3.8) is 0 Å². The molecule has 3 aromatic rings. The summed E-state index contributed by atoms with van der Waals surface area (Å²) < 4.78 is 29.2. The minimum Gasteiger partial charge on any atom is -0.345 e. The maximum atomic E-state index is 12.9. The lowest BCUT2D eigenvalue weighted by Gasteiger charge is -2.20. The number of hydrogen-bond acceptors (Lipinski definition) is 4. The van der Waals surface area contributed by atoms with E-state index in [1.807, 2.05) is 35.9 Å². The topological polar surface area (TPSA) is 84.3 Å². The maximum absolute atomic E-state index is 12.9. The molecule has 2 heterocycles. The van der Waals surface area contributed by atoms with Gasteiger partial charge in [0.1, 0.15) is 5.82 Å². The molecule has 7 nitrogen and oxygen atoms in total. The normalized spacial score (nSPS) is 15.8. The Morgan fingerprint density at radius 1 is 1.00 bits per heavy atom. The smallest absolute Gasteiger partial charge is 0.251 e. The van der Waals surface area contributed by atoms with Gasteiger partial charge >= 0.3 is 0 Å². The second kappa shape index (κ2) is 8.57. The van der Waals surface area contributed by atoms with Crippen molar-refractivity contribution in [1.82, 2.24) is 19.2 Å². The molecule has 1 saturated heterocycles. The lowest BCUT2D eigenvalue weighted by atomic mass is 10.2. The summed E-state index contributed by atoms with van der Waals surface area (Å²) in [7, 11) is -1.60. The first kappa shape index (κ1) is 20.6. The summed E-state index contributed by atoms with van der Waals surface area (Å²) in [6.45, 7) is 1.41. The third-order valence-corrected chi connectivity index (χ3v) is 7.52. The van der Waals surface area contributed by atoms with E-state index in [-0.39, 0.29) is 17.3 Å². The van der Waals surface area contributed by atoms with Crippen molar-refractivity contribution in [2.45, 2.75) is 37.1 Å². The number of aryl methyl sites for hydroxylation is 1. The van der Waals surface area contributed by atoms with Gasteiger partial charge in [-0.25, -0.2) is 13.4 Å². The summed E-state index contributed by atoms with van der Waals surface area (Å²) in [5.41, 5.74) is 2.31. The number of aromatic nitrogens is 2. The molecule has 2 aromatic carbocycles. The summed E-state index contributed by atoms with van der Waals surface area (Å²) in [5, 5.41) is 2.86. The molecular weight excluding hydrogens is 400 g/mol. The zero-order chi connectivity index (χ0) is 21.1. The summed E-state index contributed by atoms with van der Waals surface area (Å²) in [6, 6.07) is 14.0. The largest absolute Gasteiger partial charge is 0.345 e. The first-order chi connectivity index (χ1) is 14.5. The van der Waals surface area contributed by atoms with Gasteiger partial charge in [0.2, 0.25) is 10.0 Å². The van der Waals surface area contributed by atoms with Crippen molar-refractivity contribution in [3.05, 3.63) is 59.9 Å². The van der Waals surface area contributed by atoms with E-state index < -0.39 is 10.0 Å². The lowest BCUT2D eigenvalue weighted by Crippen LogP contribution is -2.32. The van der Waals surface area contributed by atoms with Gasteiger partial charge < -0.3 is 9.88 Å². The van der Waals surface area contributed by atoms with Crippen LogP contribution in [-0.2, 0) is 23.6 Å². The zero-order valence-corrected chi connectivity index (χ0v) is 17.9. The molecule has 0 radical (unpaired) electrons. The van der Waals surface area contributed by atoms with Gasteiger partial charge in [0.15, 0.2) is 0 Å². The quantitative estimate of drug-likeness (QED) is 0.680. The highest BCUT2D eigenvalue weighted by molar-refractivity contribution is 7.89. The van der Waals surface area contributed by atoms with Crippen molar-refractivity contribution in [1.29, 1.82) is 0 Å². The number of imidazole rings is 1. The van der Waals surface area contributed by atoms with Crippen LogP contribution in [0.3, 0.4) is 0 Å². The predicted molar refractivity (Wildman–Crippen MR) is 116 cm³/mol. The molecule has 1 amide bonds. The second-order valence-electron chi connectivity index (χ2n) is 7.60. The van der Waals surface area contributed by atoms with E-state index >= 15 is 0 Å². The average molecular weight is 427 g/mol. The molecule has 1 aliphatic rings. The fourth-order valence-corrected chi connectivity index (χ4v) is 5.34. The highest BCUT2D eigenvalue weighted by Gasteiger charge is 2.25. The Hall–Kier alpha value is -2.71. The van der Waals surface area contributed by atoms with Gasteiger partial charge in [0.25, 0.3) is 5.91 Å². The van der Waals surface area contributed by atoms with Crippen molar-refractivity contribution in [2.24, 2.45) is 7.05 Å². The van der Waals surface area contributed by atoms with Crippen molar-refractivity contribution < 1.29 is 13.2 Å². The first-order valence-corrected chi connectivity index (χ1v) is 11.7. The van der Waals surface area contributed by atoms with Crippen LogP contribution in [0.4, 0.5) is 0 Å². The molecule has 0 bridgehead atoms. The summed E-state index contributed by atoms with van der Waals surface area (Å²) in [4.78, 5) is 17.3. The Morgan fingerprint density at radius 3 is 2.33 bits per heavy atom. The van der Waals surface area contributed by atoms with Gasteiger partial charge in [-0.2, -0.15) is 4.31 Å². The van der Waals surface area contributed by atoms with Crippen molar-refractivity contribution in [3.8, 4) is 0 Å². The number of nitrogens with zero attached hydrogens (tertiary/aromatic N) is 3. The van der Waals surface area contributed by atoms with Crippen LogP contribution in [0.1, 0.15) is 41.9 Å². The lowest BCUT2D eigenvalue weighted by molar-refractivity contribution is 0.0949. The number of sulfonamides is 1. The van der Waals surface area contributed by atoms with Crippen LogP contribution in [-0.4, -0.2) is 41.3 Å². The van der Waals surface area contributed by atoms with Crippen LogP contribution >= 0.6 is 0 Å². The summed E-state index contributed by atoms with van der Waals surface area (Å²) >= 11 is 0. The first-order valence-electron chi connectivity index (χ1n) is 10.3. The molecule has 1 aromatic heterocycles. The van der Waals surface area contributed by atoms with Crippen LogP contribution in [0.2, 0.25) is 0 Å². The molecule has 0 atom stereocenters. The Balaban J connectivity index is 1.44. The van der Waals surface area contributed by atoms with E-state index in [1.54, 1.807) is 16.4 Å². The number of benzene rings is 2. The molecule has 158 valence electrons. The number of nitrogens with one attached hydrogen (secondary N) is 1. The van der Waals surface area contributed by atoms with Gasteiger partial charge in [-0.3, -0.25) is 4.79 Å². The van der Waals surface area contributed by atoms with Gasteiger partial charge in [-0.1, -0.05) is 25.0 Å². The number of carbonyl (C=O) groups is 1. The fourth-order valence-electron chi connectivity index (χ4n) is 3.82.